The zero-order valence-electron chi connectivity index (χ0n) is 11.7. The third-order valence-electron chi connectivity index (χ3n) is 4.40. The first-order valence-corrected chi connectivity index (χ1v) is 11.1. The van der Waals surface area contributed by atoms with E-state index in [0.29, 0.717) is 0 Å². The number of thioether (sulfide) groups is 4. The molecule has 2 heterocycles. The van der Waals surface area contributed by atoms with Crippen LogP contribution in [0.15, 0.2) is 28.1 Å². The normalized spacial score (nSPS) is 27.6. The lowest BCUT2D eigenvalue weighted by molar-refractivity contribution is 0.599. The molecule has 0 unspecified atom stereocenters. The molecule has 4 rings (SSSR count). The third-order valence-corrected chi connectivity index (χ3v) is 10.4. The fourth-order valence-electron chi connectivity index (χ4n) is 3.24. The Morgan fingerprint density at radius 3 is 1.10 bits per heavy atom. The molecule has 0 bridgehead atoms. The Morgan fingerprint density at radius 2 is 0.750 bits per heavy atom. The maximum absolute atomic E-state index is 2.09. The van der Waals surface area contributed by atoms with Crippen molar-refractivity contribution in [2.45, 2.75) is 64.2 Å². The lowest BCUT2D eigenvalue weighted by atomic mass is 9.96. The van der Waals surface area contributed by atoms with Crippen LogP contribution in [0, 0.1) is 0 Å². The van der Waals surface area contributed by atoms with Crippen molar-refractivity contribution in [3.05, 3.63) is 28.1 Å². The van der Waals surface area contributed by atoms with Gasteiger partial charge in [0.25, 0.3) is 0 Å². The van der Waals surface area contributed by atoms with Gasteiger partial charge in [0.1, 0.15) is 0 Å². The maximum atomic E-state index is 2.09. The van der Waals surface area contributed by atoms with Crippen molar-refractivity contribution in [3.8, 4) is 0 Å². The highest BCUT2D eigenvalue weighted by Crippen LogP contribution is 2.68. The van der Waals surface area contributed by atoms with E-state index in [4.69, 9.17) is 0 Å². The first-order chi connectivity index (χ1) is 9.90. The first kappa shape index (κ1) is 14.2. The van der Waals surface area contributed by atoms with Crippen LogP contribution in [0.2, 0.25) is 0 Å². The van der Waals surface area contributed by atoms with Crippen molar-refractivity contribution < 1.29 is 0 Å². The van der Waals surface area contributed by atoms with Crippen molar-refractivity contribution in [3.63, 3.8) is 0 Å². The van der Waals surface area contributed by atoms with Gasteiger partial charge >= 0.3 is 0 Å². The van der Waals surface area contributed by atoms with Crippen LogP contribution in [0.5, 0.6) is 0 Å². The van der Waals surface area contributed by atoms with E-state index in [0.717, 1.165) is 0 Å². The molecular weight excluding hydrogens is 320 g/mol. The average Bonchev–Trinajstić information content (AvgIpc) is 3.08. The van der Waals surface area contributed by atoms with E-state index in [1.807, 2.05) is 0 Å². The van der Waals surface area contributed by atoms with Gasteiger partial charge in [-0.3, -0.25) is 0 Å². The molecule has 108 valence electrons. The summed E-state index contributed by atoms with van der Waals surface area (Å²) < 4.78 is 6.48. The molecule has 20 heavy (non-hydrogen) atoms. The monoisotopic (exact) mass is 340 g/mol. The van der Waals surface area contributed by atoms with Gasteiger partial charge < -0.3 is 0 Å². The van der Waals surface area contributed by atoms with Gasteiger partial charge in [-0.2, -0.15) is 0 Å². The Morgan fingerprint density at radius 1 is 0.400 bits per heavy atom. The van der Waals surface area contributed by atoms with Crippen LogP contribution in [-0.2, 0) is 0 Å². The molecule has 4 heteroatoms. The highest BCUT2D eigenvalue weighted by Gasteiger charge is 2.33. The van der Waals surface area contributed by atoms with Crippen LogP contribution >= 0.6 is 47.0 Å². The fraction of sp³-hybridized carbons (Fsp3) is 0.625. The van der Waals surface area contributed by atoms with Crippen molar-refractivity contribution >= 4 is 47.0 Å². The number of rotatable bonds is 0. The van der Waals surface area contributed by atoms with Gasteiger partial charge in [0.2, 0.25) is 0 Å². The summed E-state index contributed by atoms with van der Waals surface area (Å²) in [5.74, 6) is 0. The van der Waals surface area contributed by atoms with Gasteiger partial charge in [0.05, 0.1) is 16.9 Å². The van der Waals surface area contributed by atoms with Crippen LogP contribution in [0.25, 0.3) is 0 Å². The summed E-state index contributed by atoms with van der Waals surface area (Å²) in [4.78, 5) is 0. The van der Waals surface area contributed by atoms with Crippen LogP contribution in [0.3, 0.4) is 0 Å². The Balaban J connectivity index is 1.46. The van der Waals surface area contributed by atoms with E-state index >= 15 is 0 Å². The second kappa shape index (κ2) is 6.39. The summed E-state index contributed by atoms with van der Waals surface area (Å²) in [5.41, 5.74) is 3.52. The molecule has 0 amide bonds. The van der Waals surface area contributed by atoms with Crippen LogP contribution in [-0.4, -0.2) is 0 Å². The zero-order valence-corrected chi connectivity index (χ0v) is 15.0. The van der Waals surface area contributed by atoms with Crippen LogP contribution in [0.1, 0.15) is 64.2 Å². The predicted octanol–water partition coefficient (Wildman–Crippen LogP) is 7.42. The lowest BCUT2D eigenvalue weighted by Crippen LogP contribution is -1.95. The van der Waals surface area contributed by atoms with E-state index in [2.05, 4.69) is 47.0 Å². The van der Waals surface area contributed by atoms with E-state index in [1.165, 1.54) is 64.2 Å². The molecule has 2 saturated carbocycles. The summed E-state index contributed by atoms with van der Waals surface area (Å²) in [6.07, 6.45) is 14.0. The van der Waals surface area contributed by atoms with Gasteiger partial charge in [-0.15, -0.1) is 0 Å². The van der Waals surface area contributed by atoms with Gasteiger partial charge in [0, 0.05) is 0 Å². The molecule has 2 fully saturated rings. The first-order valence-electron chi connectivity index (χ1n) is 7.80. The smallest absolute Gasteiger partial charge is 0.0716 e. The molecule has 0 aromatic rings. The fourth-order valence-corrected chi connectivity index (χ4v) is 9.94. The molecule has 0 aromatic heterocycles. The van der Waals surface area contributed by atoms with Crippen LogP contribution < -0.4 is 0 Å². The molecule has 0 nitrogen and oxygen atoms in total. The third kappa shape index (κ3) is 2.90. The molecular formula is C16H20S4. The SMILES string of the molecule is C1CCC(=C2SC3=C(S2)SC(=C2CCCCC2)S3)CC1. The Labute approximate surface area is 139 Å². The van der Waals surface area contributed by atoms with Gasteiger partial charge in [-0.25, -0.2) is 0 Å². The van der Waals surface area contributed by atoms with Crippen molar-refractivity contribution in [2.24, 2.45) is 0 Å². The molecule has 0 radical (unpaired) electrons. The molecule has 0 N–H and O–H groups in total. The largest absolute Gasteiger partial charge is 0.0736 e. The summed E-state index contributed by atoms with van der Waals surface area (Å²) in [7, 11) is 0. The molecule has 4 aliphatic rings. The highest BCUT2D eigenvalue weighted by atomic mass is 32.3. The lowest BCUT2D eigenvalue weighted by Gasteiger charge is -2.18. The Bertz CT molecular complexity index is 431. The summed E-state index contributed by atoms with van der Waals surface area (Å²) in [5, 5.41) is 0. The Kier molecular flexibility index (Phi) is 4.55. The van der Waals surface area contributed by atoms with Gasteiger partial charge in [-0.1, -0.05) is 59.9 Å². The molecule has 0 spiro atoms. The average molecular weight is 341 g/mol. The van der Waals surface area contributed by atoms with Gasteiger partial charge in [-0.05, 0) is 62.5 Å². The quantitative estimate of drug-likeness (QED) is 0.449. The van der Waals surface area contributed by atoms with Gasteiger partial charge in [0.15, 0.2) is 0 Å². The standard InChI is InChI=1S/C16H20S4/c1-3-7-11(8-4-1)13-17-15-16(18-13)20-14(19-15)12-9-5-2-6-10-12/h1-10H2. The minimum Gasteiger partial charge on any atom is -0.0736 e. The van der Waals surface area contributed by atoms with E-state index in [9.17, 15) is 0 Å². The second-order valence-corrected chi connectivity index (χ2v) is 11.0. The van der Waals surface area contributed by atoms with Crippen LogP contribution in [0.4, 0.5) is 0 Å². The zero-order chi connectivity index (χ0) is 13.4. The summed E-state index contributed by atoms with van der Waals surface area (Å²) in [6, 6.07) is 0. The summed E-state index contributed by atoms with van der Waals surface area (Å²) in [6.45, 7) is 0. The number of hydrogen-bond acceptors (Lipinski definition) is 4. The predicted molar refractivity (Wildman–Crippen MR) is 97.6 cm³/mol. The topological polar surface area (TPSA) is 0 Å². The van der Waals surface area contributed by atoms with E-state index in [-0.39, 0.29) is 0 Å². The highest BCUT2D eigenvalue weighted by molar-refractivity contribution is 8.48. The van der Waals surface area contributed by atoms with E-state index < -0.39 is 0 Å². The number of allylic oxidation sites excluding steroid dienone is 2. The van der Waals surface area contributed by atoms with E-state index in [1.54, 1.807) is 28.1 Å². The maximum Gasteiger partial charge on any atom is 0.0716 e. The van der Waals surface area contributed by atoms with Crippen molar-refractivity contribution in [1.29, 1.82) is 0 Å². The van der Waals surface area contributed by atoms with Crippen molar-refractivity contribution in [2.75, 3.05) is 0 Å². The second-order valence-electron chi connectivity index (χ2n) is 5.89. The molecule has 2 aliphatic heterocycles. The Hall–Kier alpha value is 0.620. The molecule has 0 saturated heterocycles. The summed E-state index contributed by atoms with van der Waals surface area (Å²) >= 11 is 8.34. The minimum atomic E-state index is 1.36. The molecule has 2 aliphatic carbocycles. The number of hydrogen-bond donors (Lipinski definition) is 0. The van der Waals surface area contributed by atoms with Crippen molar-refractivity contribution in [1.82, 2.24) is 0 Å². The minimum absolute atomic E-state index is 1.36. The molecule has 0 atom stereocenters. The molecule has 0 aromatic carbocycles.